The monoisotopic (exact) mass is 280 g/mol. The van der Waals surface area contributed by atoms with Crippen LogP contribution < -0.4 is 10.2 Å². The van der Waals surface area contributed by atoms with E-state index in [1.807, 2.05) is 49.3 Å². The molecule has 0 heterocycles. The summed E-state index contributed by atoms with van der Waals surface area (Å²) in [6.45, 7) is 0. The Kier molecular flexibility index (Phi) is 3.65. The van der Waals surface area contributed by atoms with Gasteiger partial charge < -0.3 is 10.2 Å². The van der Waals surface area contributed by atoms with E-state index < -0.39 is 0 Å². The summed E-state index contributed by atoms with van der Waals surface area (Å²) in [6, 6.07) is 13.9. The number of carbonyl (C=O) groups is 1. The number of carbonyl (C=O) groups excluding carboxylic acids is 1. The highest BCUT2D eigenvalue weighted by Gasteiger charge is 2.12. The van der Waals surface area contributed by atoms with Crippen molar-refractivity contribution in [1.29, 1.82) is 0 Å². The molecule has 0 aliphatic heterocycles. The standard InChI is InChI=1S/C18H20N2O/c1-20(2)17-8-4-7-15(12-17)18(21)19-16-10-9-13-5-3-6-14(13)11-16/h4,7-12H,3,5-6H2,1-2H3,(H,19,21). The van der Waals surface area contributed by atoms with Crippen molar-refractivity contribution < 1.29 is 4.79 Å². The molecule has 3 rings (SSSR count). The molecule has 0 radical (unpaired) electrons. The number of nitrogens with zero attached hydrogens (tertiary/aromatic N) is 1. The highest BCUT2D eigenvalue weighted by atomic mass is 16.1. The molecule has 3 nitrogen and oxygen atoms in total. The van der Waals surface area contributed by atoms with E-state index in [1.165, 1.54) is 17.5 Å². The number of nitrogens with one attached hydrogen (secondary N) is 1. The number of benzene rings is 2. The fourth-order valence-electron chi connectivity index (χ4n) is 2.78. The second kappa shape index (κ2) is 5.60. The van der Waals surface area contributed by atoms with Crippen LogP contribution in [0.25, 0.3) is 0 Å². The van der Waals surface area contributed by atoms with Crippen molar-refractivity contribution >= 4 is 17.3 Å². The normalized spacial score (nSPS) is 12.9. The van der Waals surface area contributed by atoms with Crippen LogP contribution >= 0.6 is 0 Å². The smallest absolute Gasteiger partial charge is 0.255 e. The predicted octanol–water partition coefficient (Wildman–Crippen LogP) is 3.49. The number of hydrogen-bond donors (Lipinski definition) is 1. The van der Waals surface area contributed by atoms with Gasteiger partial charge in [-0.25, -0.2) is 0 Å². The van der Waals surface area contributed by atoms with E-state index in [1.54, 1.807) is 0 Å². The Labute approximate surface area is 125 Å². The molecule has 0 fully saturated rings. The summed E-state index contributed by atoms with van der Waals surface area (Å²) >= 11 is 0. The van der Waals surface area contributed by atoms with E-state index in [0.29, 0.717) is 5.56 Å². The van der Waals surface area contributed by atoms with Crippen LogP contribution in [0.1, 0.15) is 27.9 Å². The van der Waals surface area contributed by atoms with E-state index in [4.69, 9.17) is 0 Å². The third-order valence-corrected chi connectivity index (χ3v) is 3.98. The van der Waals surface area contributed by atoms with Gasteiger partial charge in [0.05, 0.1) is 0 Å². The number of aryl methyl sites for hydroxylation is 2. The number of rotatable bonds is 3. The SMILES string of the molecule is CN(C)c1cccc(C(=O)Nc2ccc3c(c2)CCC3)c1. The molecule has 1 N–H and O–H groups in total. The molecule has 108 valence electrons. The van der Waals surface area contributed by atoms with Gasteiger partial charge in [0.2, 0.25) is 0 Å². The second-order valence-electron chi connectivity index (χ2n) is 5.74. The van der Waals surface area contributed by atoms with Crippen molar-refractivity contribution in [1.82, 2.24) is 0 Å². The summed E-state index contributed by atoms with van der Waals surface area (Å²) in [5.74, 6) is -0.0587. The van der Waals surface area contributed by atoms with Crippen LogP contribution in [0.2, 0.25) is 0 Å². The van der Waals surface area contributed by atoms with Gasteiger partial charge in [-0.05, 0) is 60.7 Å². The summed E-state index contributed by atoms with van der Waals surface area (Å²) in [5.41, 5.74) is 5.38. The predicted molar refractivity (Wildman–Crippen MR) is 87.2 cm³/mol. The second-order valence-corrected chi connectivity index (χ2v) is 5.74. The average molecular weight is 280 g/mol. The molecule has 0 aromatic heterocycles. The molecule has 1 aliphatic rings. The molecule has 21 heavy (non-hydrogen) atoms. The van der Waals surface area contributed by atoms with Gasteiger partial charge in [0.1, 0.15) is 0 Å². The molecule has 0 bridgehead atoms. The zero-order valence-electron chi connectivity index (χ0n) is 12.5. The first-order chi connectivity index (χ1) is 10.1. The lowest BCUT2D eigenvalue weighted by Gasteiger charge is -2.13. The van der Waals surface area contributed by atoms with Crippen LogP contribution in [0.15, 0.2) is 42.5 Å². The number of fused-ring (bicyclic) bond motifs is 1. The number of anilines is 2. The topological polar surface area (TPSA) is 32.3 Å². The van der Waals surface area contributed by atoms with Gasteiger partial charge in [0, 0.05) is 31.0 Å². The van der Waals surface area contributed by atoms with Crippen molar-refractivity contribution in [2.75, 3.05) is 24.3 Å². The van der Waals surface area contributed by atoms with Gasteiger partial charge in [0.25, 0.3) is 5.91 Å². The first-order valence-electron chi connectivity index (χ1n) is 7.34. The van der Waals surface area contributed by atoms with Gasteiger partial charge in [-0.15, -0.1) is 0 Å². The first-order valence-corrected chi connectivity index (χ1v) is 7.34. The third-order valence-electron chi connectivity index (χ3n) is 3.98. The maximum atomic E-state index is 12.4. The van der Waals surface area contributed by atoms with Crippen molar-refractivity contribution in [2.24, 2.45) is 0 Å². The molecular formula is C18H20N2O. The molecule has 2 aromatic rings. The zero-order chi connectivity index (χ0) is 14.8. The van der Waals surface area contributed by atoms with Gasteiger partial charge >= 0.3 is 0 Å². The van der Waals surface area contributed by atoms with E-state index in [2.05, 4.69) is 17.4 Å². The van der Waals surface area contributed by atoms with Gasteiger partial charge in [-0.2, -0.15) is 0 Å². The Morgan fingerprint density at radius 2 is 1.86 bits per heavy atom. The molecule has 2 aromatic carbocycles. The lowest BCUT2D eigenvalue weighted by molar-refractivity contribution is 0.102. The van der Waals surface area contributed by atoms with Crippen molar-refractivity contribution in [3.05, 3.63) is 59.2 Å². The summed E-state index contributed by atoms with van der Waals surface area (Å²) in [5, 5.41) is 3.00. The molecule has 3 heteroatoms. The first kappa shape index (κ1) is 13.7. The molecule has 0 unspecified atom stereocenters. The molecular weight excluding hydrogens is 260 g/mol. The van der Waals surface area contributed by atoms with E-state index in [0.717, 1.165) is 24.2 Å². The molecule has 0 saturated carbocycles. The van der Waals surface area contributed by atoms with Gasteiger partial charge in [0.15, 0.2) is 0 Å². The highest BCUT2D eigenvalue weighted by Crippen LogP contribution is 2.25. The highest BCUT2D eigenvalue weighted by molar-refractivity contribution is 6.04. The Morgan fingerprint density at radius 3 is 2.67 bits per heavy atom. The fraction of sp³-hybridized carbons (Fsp3) is 0.278. The van der Waals surface area contributed by atoms with Crippen LogP contribution in [-0.4, -0.2) is 20.0 Å². The van der Waals surface area contributed by atoms with Crippen molar-refractivity contribution in [3.63, 3.8) is 0 Å². The molecule has 1 amide bonds. The fourth-order valence-corrected chi connectivity index (χ4v) is 2.78. The van der Waals surface area contributed by atoms with Gasteiger partial charge in [-0.1, -0.05) is 12.1 Å². The van der Waals surface area contributed by atoms with Crippen molar-refractivity contribution in [3.8, 4) is 0 Å². The minimum absolute atomic E-state index is 0.0587. The number of hydrogen-bond acceptors (Lipinski definition) is 2. The van der Waals surface area contributed by atoms with Crippen LogP contribution in [-0.2, 0) is 12.8 Å². The molecule has 1 aliphatic carbocycles. The average Bonchev–Trinajstić information content (AvgIpc) is 2.95. The zero-order valence-corrected chi connectivity index (χ0v) is 12.5. The van der Waals surface area contributed by atoms with Crippen LogP contribution in [0.3, 0.4) is 0 Å². The largest absolute Gasteiger partial charge is 0.378 e. The third kappa shape index (κ3) is 2.92. The molecule has 0 spiro atoms. The Bertz CT molecular complexity index is 677. The minimum atomic E-state index is -0.0587. The molecule has 0 atom stereocenters. The van der Waals surface area contributed by atoms with Crippen LogP contribution in [0.5, 0.6) is 0 Å². The van der Waals surface area contributed by atoms with Crippen LogP contribution in [0.4, 0.5) is 11.4 Å². The maximum absolute atomic E-state index is 12.4. The van der Waals surface area contributed by atoms with Gasteiger partial charge in [-0.3, -0.25) is 4.79 Å². The maximum Gasteiger partial charge on any atom is 0.255 e. The lowest BCUT2D eigenvalue weighted by Crippen LogP contribution is -2.14. The van der Waals surface area contributed by atoms with E-state index in [-0.39, 0.29) is 5.91 Å². The van der Waals surface area contributed by atoms with E-state index in [9.17, 15) is 4.79 Å². The lowest BCUT2D eigenvalue weighted by atomic mass is 10.1. The Balaban J connectivity index is 1.78. The van der Waals surface area contributed by atoms with Crippen molar-refractivity contribution in [2.45, 2.75) is 19.3 Å². The quantitative estimate of drug-likeness (QED) is 0.933. The Morgan fingerprint density at radius 1 is 1.05 bits per heavy atom. The summed E-state index contributed by atoms with van der Waals surface area (Å²) in [7, 11) is 3.94. The summed E-state index contributed by atoms with van der Waals surface area (Å²) in [6.07, 6.45) is 3.50. The Hall–Kier alpha value is -2.29. The molecule has 0 saturated heterocycles. The van der Waals surface area contributed by atoms with E-state index >= 15 is 0 Å². The number of amides is 1. The summed E-state index contributed by atoms with van der Waals surface area (Å²) < 4.78 is 0. The minimum Gasteiger partial charge on any atom is -0.378 e. The summed E-state index contributed by atoms with van der Waals surface area (Å²) in [4.78, 5) is 14.4. The van der Waals surface area contributed by atoms with Crippen LogP contribution in [0, 0.1) is 0 Å².